The molecule has 0 amide bonds. The van der Waals surface area contributed by atoms with Crippen LogP contribution in [0.2, 0.25) is 0 Å². The van der Waals surface area contributed by atoms with Crippen LogP contribution in [0.1, 0.15) is 51.4 Å². The molecule has 0 aromatic carbocycles. The number of rotatable bonds is 4. The minimum Gasteiger partial charge on any atom is -0.312 e. The lowest BCUT2D eigenvalue weighted by Gasteiger charge is -2.35. The van der Waals surface area contributed by atoms with Gasteiger partial charge >= 0.3 is 0 Å². The van der Waals surface area contributed by atoms with Gasteiger partial charge in [0.1, 0.15) is 0 Å². The van der Waals surface area contributed by atoms with Crippen LogP contribution in [-0.2, 0) is 13.5 Å². The van der Waals surface area contributed by atoms with Crippen LogP contribution in [0.15, 0.2) is 6.07 Å². The molecule has 3 rings (SSSR count). The highest BCUT2D eigenvalue weighted by molar-refractivity contribution is 5.15. The second-order valence-electron chi connectivity index (χ2n) is 8.35. The zero-order valence-corrected chi connectivity index (χ0v) is 13.7. The molecule has 2 fully saturated rings. The molecule has 0 bridgehead atoms. The van der Waals surface area contributed by atoms with E-state index in [1.54, 1.807) is 0 Å². The van der Waals surface area contributed by atoms with Gasteiger partial charge in [0.15, 0.2) is 0 Å². The van der Waals surface area contributed by atoms with Crippen LogP contribution in [0, 0.1) is 24.2 Å². The van der Waals surface area contributed by atoms with E-state index in [1.807, 2.05) is 0 Å². The molecule has 2 aliphatic rings. The normalized spacial score (nSPS) is 32.5. The molecule has 1 aromatic rings. The quantitative estimate of drug-likeness (QED) is 0.915. The number of nitrogens with one attached hydrogen (secondary N) is 1. The molecule has 2 aliphatic carbocycles. The molecule has 1 aromatic heterocycles. The molecule has 1 heterocycles. The van der Waals surface area contributed by atoms with Crippen molar-refractivity contribution in [1.82, 2.24) is 15.1 Å². The number of aromatic nitrogens is 2. The summed E-state index contributed by atoms with van der Waals surface area (Å²) in [6, 6.07) is 2.27. The number of aryl methyl sites for hydroxylation is 2. The van der Waals surface area contributed by atoms with Crippen LogP contribution in [0.5, 0.6) is 0 Å². The molecule has 0 aliphatic heterocycles. The average Bonchev–Trinajstić information content (AvgIpc) is 2.80. The Labute approximate surface area is 123 Å². The molecule has 3 heteroatoms. The van der Waals surface area contributed by atoms with E-state index >= 15 is 0 Å². The van der Waals surface area contributed by atoms with Gasteiger partial charge in [-0.15, -0.1) is 0 Å². The summed E-state index contributed by atoms with van der Waals surface area (Å²) >= 11 is 0. The lowest BCUT2D eigenvalue weighted by atomic mass is 9.78. The van der Waals surface area contributed by atoms with E-state index in [9.17, 15) is 0 Å². The van der Waals surface area contributed by atoms with E-state index in [0.717, 1.165) is 24.1 Å². The fraction of sp³-hybridized carbons (Fsp3) is 0.824. The summed E-state index contributed by atoms with van der Waals surface area (Å²) in [6.45, 7) is 10.0. The summed E-state index contributed by atoms with van der Waals surface area (Å²) in [5, 5.41) is 8.28. The van der Waals surface area contributed by atoms with E-state index in [2.05, 4.69) is 55.9 Å². The summed E-state index contributed by atoms with van der Waals surface area (Å²) < 4.78 is 2.08. The van der Waals surface area contributed by atoms with Crippen molar-refractivity contribution in [1.29, 1.82) is 0 Å². The maximum absolute atomic E-state index is 4.52. The second kappa shape index (κ2) is 4.59. The first-order chi connectivity index (χ1) is 9.26. The van der Waals surface area contributed by atoms with Crippen LogP contribution in [-0.4, -0.2) is 21.9 Å². The lowest BCUT2D eigenvalue weighted by Crippen LogP contribution is -2.44. The van der Waals surface area contributed by atoms with Gasteiger partial charge in [0.2, 0.25) is 0 Å². The fourth-order valence-electron chi connectivity index (χ4n) is 4.02. The third-order valence-electron chi connectivity index (χ3n) is 5.11. The molecule has 0 saturated heterocycles. The molecule has 2 unspecified atom stereocenters. The summed E-state index contributed by atoms with van der Waals surface area (Å²) in [7, 11) is 2.09. The first-order valence-corrected chi connectivity index (χ1v) is 8.01. The van der Waals surface area contributed by atoms with Crippen LogP contribution in [0.3, 0.4) is 0 Å². The van der Waals surface area contributed by atoms with Crippen LogP contribution in [0.25, 0.3) is 0 Å². The minimum absolute atomic E-state index is 0.210. The van der Waals surface area contributed by atoms with Crippen molar-refractivity contribution in [3.8, 4) is 0 Å². The Morgan fingerprint density at radius 1 is 1.35 bits per heavy atom. The topological polar surface area (TPSA) is 29.9 Å². The number of hydrogen-bond donors (Lipinski definition) is 1. The van der Waals surface area contributed by atoms with Crippen molar-refractivity contribution in [3.63, 3.8) is 0 Å². The highest BCUT2D eigenvalue weighted by atomic mass is 15.3. The molecule has 2 atom stereocenters. The Balaban J connectivity index is 1.74. The summed E-state index contributed by atoms with van der Waals surface area (Å²) in [5.41, 5.74) is 3.22. The third-order valence-corrected chi connectivity index (χ3v) is 5.11. The first kappa shape index (κ1) is 14.1. The van der Waals surface area contributed by atoms with Gasteiger partial charge < -0.3 is 5.32 Å². The predicted molar refractivity (Wildman–Crippen MR) is 82.7 cm³/mol. The van der Waals surface area contributed by atoms with E-state index < -0.39 is 0 Å². The van der Waals surface area contributed by atoms with Crippen molar-refractivity contribution < 1.29 is 0 Å². The molecule has 1 N–H and O–H groups in total. The monoisotopic (exact) mass is 275 g/mol. The molecule has 2 saturated carbocycles. The zero-order chi connectivity index (χ0) is 14.5. The van der Waals surface area contributed by atoms with Crippen molar-refractivity contribution in [3.05, 3.63) is 17.5 Å². The zero-order valence-electron chi connectivity index (χ0n) is 13.7. The highest BCUT2D eigenvalue weighted by Gasteiger charge is 2.53. The number of nitrogens with zero attached hydrogens (tertiary/aromatic N) is 2. The average molecular weight is 275 g/mol. The fourth-order valence-corrected chi connectivity index (χ4v) is 4.02. The summed E-state index contributed by atoms with van der Waals surface area (Å²) in [5.74, 6) is 2.04. The molecular formula is C17H29N3. The third kappa shape index (κ3) is 2.93. The summed E-state index contributed by atoms with van der Waals surface area (Å²) in [6.07, 6.45) is 5.48. The van der Waals surface area contributed by atoms with Gasteiger partial charge in [0.25, 0.3) is 0 Å². The van der Waals surface area contributed by atoms with Crippen LogP contribution < -0.4 is 5.32 Å². The van der Waals surface area contributed by atoms with Crippen LogP contribution in [0.4, 0.5) is 0 Å². The Morgan fingerprint density at radius 3 is 2.50 bits per heavy atom. The lowest BCUT2D eigenvalue weighted by molar-refractivity contribution is 0.218. The molecular weight excluding hydrogens is 246 g/mol. The van der Waals surface area contributed by atoms with Crippen LogP contribution >= 0.6 is 0 Å². The largest absolute Gasteiger partial charge is 0.312 e. The smallest absolute Gasteiger partial charge is 0.0596 e. The molecule has 0 radical (unpaired) electrons. The molecule has 20 heavy (non-hydrogen) atoms. The SMILES string of the molecule is Cc1cc(CC2(CNC(C)(C)C)CC3CC3C2)n(C)n1. The van der Waals surface area contributed by atoms with Gasteiger partial charge in [-0.25, -0.2) is 0 Å². The van der Waals surface area contributed by atoms with E-state index in [1.165, 1.54) is 31.4 Å². The van der Waals surface area contributed by atoms with E-state index in [0.29, 0.717) is 5.41 Å². The maximum atomic E-state index is 4.52. The number of hydrogen-bond acceptors (Lipinski definition) is 2. The molecule has 3 nitrogen and oxygen atoms in total. The Kier molecular flexibility index (Phi) is 3.24. The summed E-state index contributed by atoms with van der Waals surface area (Å²) in [4.78, 5) is 0. The van der Waals surface area contributed by atoms with E-state index in [-0.39, 0.29) is 5.54 Å². The minimum atomic E-state index is 0.210. The Hall–Kier alpha value is -0.830. The van der Waals surface area contributed by atoms with Gasteiger partial charge in [-0.1, -0.05) is 0 Å². The Morgan fingerprint density at radius 2 is 2.00 bits per heavy atom. The second-order valence-corrected chi connectivity index (χ2v) is 8.35. The van der Waals surface area contributed by atoms with Crippen molar-refractivity contribution in [2.75, 3.05) is 6.54 Å². The molecule has 0 spiro atoms. The number of fused-ring (bicyclic) bond motifs is 1. The predicted octanol–water partition coefficient (Wildman–Crippen LogP) is 3.08. The van der Waals surface area contributed by atoms with Gasteiger partial charge in [0.05, 0.1) is 5.69 Å². The standard InChI is InChI=1S/C17H29N3/c1-12-6-15(20(5)19-12)10-17(11-18-16(2,3)4)8-13-7-14(13)9-17/h6,13-14,18H,7-11H2,1-5H3. The van der Waals surface area contributed by atoms with Gasteiger partial charge in [-0.2, -0.15) is 5.10 Å². The van der Waals surface area contributed by atoms with Crippen molar-refractivity contribution >= 4 is 0 Å². The van der Waals surface area contributed by atoms with Crippen molar-refractivity contribution in [2.45, 2.75) is 58.9 Å². The van der Waals surface area contributed by atoms with Gasteiger partial charge in [0, 0.05) is 24.8 Å². The van der Waals surface area contributed by atoms with Gasteiger partial charge in [-0.05, 0) is 76.7 Å². The van der Waals surface area contributed by atoms with E-state index in [4.69, 9.17) is 0 Å². The maximum Gasteiger partial charge on any atom is 0.0596 e. The first-order valence-electron chi connectivity index (χ1n) is 8.01. The Bertz CT molecular complexity index is 485. The highest BCUT2D eigenvalue weighted by Crippen LogP contribution is 2.60. The molecule has 112 valence electrons. The van der Waals surface area contributed by atoms with Gasteiger partial charge in [-0.3, -0.25) is 4.68 Å². The van der Waals surface area contributed by atoms with Crippen molar-refractivity contribution in [2.24, 2.45) is 24.3 Å².